The number of fused-ring (bicyclic) bond motifs is 4. The van der Waals surface area contributed by atoms with Crippen LogP contribution in [0.25, 0.3) is 0 Å². The van der Waals surface area contributed by atoms with Crippen molar-refractivity contribution in [3.05, 3.63) is 124 Å². The van der Waals surface area contributed by atoms with Gasteiger partial charge in [-0.2, -0.15) is 0 Å². The standard InChI is InChI=1S/C31H26N2O6/c1-19-25-13-9-22-17-23(29(37)33(28(22)36)27(18-35)21-5-3-2-4-6-21)10-14-26(19)31(39)32(30(25)38)24-11-7-20(8-12-24)15-16-34/h2-14,27,34-35H,1,15-18H2/b22-9+,23-10+,25-13+,26-14+. The highest BCUT2D eigenvalue weighted by Crippen LogP contribution is 2.36. The Morgan fingerprint density at radius 2 is 1.31 bits per heavy atom. The minimum absolute atomic E-state index is 0.0134. The Hall–Kier alpha value is -4.66. The number of likely N-dealkylation sites (tertiary alicyclic amines) is 1. The van der Waals surface area contributed by atoms with E-state index in [1.807, 2.05) is 0 Å². The number of benzene rings is 2. The van der Waals surface area contributed by atoms with Gasteiger partial charge in [0.05, 0.1) is 18.3 Å². The summed E-state index contributed by atoms with van der Waals surface area (Å²) in [5.41, 5.74) is 2.80. The number of allylic oxidation sites excluding steroid dienone is 4. The van der Waals surface area contributed by atoms with E-state index >= 15 is 0 Å². The van der Waals surface area contributed by atoms with Crippen LogP contribution < -0.4 is 4.90 Å². The number of rotatable bonds is 6. The predicted octanol–water partition coefficient (Wildman–Crippen LogP) is 2.86. The lowest BCUT2D eigenvalue weighted by Gasteiger charge is -2.35. The number of hydrogen-bond acceptors (Lipinski definition) is 6. The highest BCUT2D eigenvalue weighted by atomic mass is 16.3. The summed E-state index contributed by atoms with van der Waals surface area (Å²) < 4.78 is 0. The van der Waals surface area contributed by atoms with Gasteiger partial charge in [-0.1, -0.05) is 61.2 Å². The van der Waals surface area contributed by atoms with Gasteiger partial charge >= 0.3 is 0 Å². The monoisotopic (exact) mass is 522 g/mol. The maximum absolute atomic E-state index is 13.5. The van der Waals surface area contributed by atoms with Crippen LogP contribution in [0.3, 0.4) is 0 Å². The number of amides is 4. The van der Waals surface area contributed by atoms with Crippen molar-refractivity contribution < 1.29 is 29.4 Å². The molecule has 2 aromatic rings. The van der Waals surface area contributed by atoms with E-state index in [0.29, 0.717) is 17.7 Å². The Morgan fingerprint density at radius 1 is 0.744 bits per heavy atom. The summed E-state index contributed by atoms with van der Waals surface area (Å²) in [6.07, 6.45) is 6.33. The number of aliphatic hydroxyl groups is 2. The molecule has 5 rings (SSSR count). The van der Waals surface area contributed by atoms with E-state index in [9.17, 15) is 29.4 Å². The molecule has 0 spiro atoms. The quantitative estimate of drug-likeness (QED) is 0.564. The molecule has 3 aliphatic rings. The molecule has 2 N–H and O–H groups in total. The van der Waals surface area contributed by atoms with Crippen molar-refractivity contribution >= 4 is 29.3 Å². The molecular weight excluding hydrogens is 496 g/mol. The Labute approximate surface area is 225 Å². The first-order chi connectivity index (χ1) is 18.8. The number of aliphatic hydroxyl groups excluding tert-OH is 2. The third kappa shape index (κ3) is 4.60. The fourth-order valence-electron chi connectivity index (χ4n) is 4.94. The van der Waals surface area contributed by atoms with Crippen molar-refractivity contribution in [2.45, 2.75) is 18.9 Å². The molecule has 39 heavy (non-hydrogen) atoms. The van der Waals surface area contributed by atoms with Gasteiger partial charge in [0, 0.05) is 35.3 Å². The van der Waals surface area contributed by atoms with E-state index in [1.165, 1.54) is 24.3 Å². The van der Waals surface area contributed by atoms with Crippen molar-refractivity contribution in [2.75, 3.05) is 18.1 Å². The van der Waals surface area contributed by atoms with Crippen molar-refractivity contribution in [3.8, 4) is 0 Å². The number of hydrogen-bond donors (Lipinski definition) is 2. The molecule has 196 valence electrons. The SMILES string of the molecule is C=C1/C2=C\C=C3/C/C(=C\C=C/1C(=O)N(c1ccc(CCO)cc1)C2=O)C(=O)N(C(CO)c1ccccc1)C3=O. The van der Waals surface area contributed by atoms with E-state index in [0.717, 1.165) is 15.4 Å². The van der Waals surface area contributed by atoms with Crippen LogP contribution in [-0.2, 0) is 25.6 Å². The van der Waals surface area contributed by atoms with Gasteiger partial charge in [-0.25, -0.2) is 4.90 Å². The minimum Gasteiger partial charge on any atom is -0.396 e. The van der Waals surface area contributed by atoms with E-state index in [1.54, 1.807) is 54.6 Å². The molecule has 0 saturated carbocycles. The number of piperidine rings is 2. The molecule has 1 atom stereocenters. The van der Waals surface area contributed by atoms with Crippen LogP contribution in [-0.4, -0.2) is 52.0 Å². The van der Waals surface area contributed by atoms with Crippen LogP contribution in [0.5, 0.6) is 0 Å². The van der Waals surface area contributed by atoms with Crippen molar-refractivity contribution in [2.24, 2.45) is 0 Å². The fraction of sp³-hybridized carbons (Fsp3) is 0.161. The van der Waals surface area contributed by atoms with Gasteiger partial charge in [0.2, 0.25) is 0 Å². The van der Waals surface area contributed by atoms with E-state index in [4.69, 9.17) is 0 Å². The minimum atomic E-state index is -0.899. The highest BCUT2D eigenvalue weighted by Gasteiger charge is 2.41. The maximum atomic E-state index is 13.5. The first-order valence-corrected chi connectivity index (χ1v) is 12.5. The van der Waals surface area contributed by atoms with Gasteiger partial charge in [0.25, 0.3) is 23.6 Å². The second-order valence-electron chi connectivity index (χ2n) is 9.37. The lowest BCUT2D eigenvalue weighted by atomic mass is 9.87. The molecule has 4 bridgehead atoms. The summed E-state index contributed by atoms with van der Waals surface area (Å²) in [6, 6.07) is 14.6. The Balaban J connectivity index is 1.59. The number of nitrogens with zero attached hydrogens (tertiary/aromatic N) is 2. The summed E-state index contributed by atoms with van der Waals surface area (Å²) in [5, 5.41) is 19.3. The number of anilines is 1. The fourth-order valence-corrected chi connectivity index (χ4v) is 4.94. The van der Waals surface area contributed by atoms with Crippen molar-refractivity contribution in [1.82, 2.24) is 4.90 Å². The lowest BCUT2D eigenvalue weighted by molar-refractivity contribution is -0.145. The largest absolute Gasteiger partial charge is 0.396 e. The number of carbonyl (C=O) groups is 4. The van der Waals surface area contributed by atoms with Crippen LogP contribution in [0.1, 0.15) is 23.6 Å². The van der Waals surface area contributed by atoms with Crippen LogP contribution in [0.15, 0.2) is 113 Å². The normalized spacial score (nSPS) is 23.7. The summed E-state index contributed by atoms with van der Waals surface area (Å²) in [5.74, 6) is -2.31. The molecule has 2 aromatic carbocycles. The zero-order valence-corrected chi connectivity index (χ0v) is 21.0. The zero-order chi connectivity index (χ0) is 27.7. The van der Waals surface area contributed by atoms with Crippen molar-refractivity contribution in [1.29, 1.82) is 0 Å². The Kier molecular flexibility index (Phi) is 7.06. The second kappa shape index (κ2) is 10.6. The molecule has 8 heteroatoms. The second-order valence-corrected chi connectivity index (χ2v) is 9.37. The molecular formula is C31H26N2O6. The molecule has 4 amide bonds. The van der Waals surface area contributed by atoms with Crippen LogP contribution >= 0.6 is 0 Å². The number of imide groups is 2. The Morgan fingerprint density at radius 3 is 1.82 bits per heavy atom. The van der Waals surface area contributed by atoms with Crippen LogP contribution in [0.2, 0.25) is 0 Å². The molecule has 2 fully saturated rings. The molecule has 0 radical (unpaired) electrons. The number of carbonyl (C=O) groups excluding carboxylic acids is 4. The molecule has 0 aromatic heterocycles. The molecule has 2 saturated heterocycles. The van der Waals surface area contributed by atoms with Gasteiger partial charge < -0.3 is 10.2 Å². The molecule has 1 unspecified atom stereocenters. The van der Waals surface area contributed by atoms with Crippen LogP contribution in [0.4, 0.5) is 5.69 Å². The maximum Gasteiger partial charge on any atom is 0.265 e. The lowest BCUT2D eigenvalue weighted by Crippen LogP contribution is -2.46. The van der Waals surface area contributed by atoms with Crippen LogP contribution in [0, 0.1) is 0 Å². The van der Waals surface area contributed by atoms with Gasteiger partial charge in [0.1, 0.15) is 0 Å². The van der Waals surface area contributed by atoms with Gasteiger partial charge in [-0.3, -0.25) is 24.1 Å². The van der Waals surface area contributed by atoms with Gasteiger partial charge in [-0.05, 0) is 47.4 Å². The summed E-state index contributed by atoms with van der Waals surface area (Å²) in [7, 11) is 0. The molecule has 2 aliphatic heterocycles. The highest BCUT2D eigenvalue weighted by molar-refractivity contribution is 6.32. The summed E-state index contributed by atoms with van der Waals surface area (Å²) >= 11 is 0. The summed E-state index contributed by atoms with van der Waals surface area (Å²) in [6.45, 7) is 3.47. The van der Waals surface area contributed by atoms with Gasteiger partial charge in [0.15, 0.2) is 0 Å². The first kappa shape index (κ1) is 26.0. The third-order valence-corrected chi connectivity index (χ3v) is 7.05. The van der Waals surface area contributed by atoms with Crippen molar-refractivity contribution in [3.63, 3.8) is 0 Å². The molecule has 8 nitrogen and oxygen atoms in total. The topological polar surface area (TPSA) is 115 Å². The van der Waals surface area contributed by atoms with E-state index in [2.05, 4.69) is 6.58 Å². The summed E-state index contributed by atoms with van der Waals surface area (Å²) in [4.78, 5) is 56.1. The smallest absolute Gasteiger partial charge is 0.265 e. The van der Waals surface area contributed by atoms with E-state index < -0.39 is 36.3 Å². The molecule has 1 aliphatic carbocycles. The Bertz CT molecular complexity index is 1450. The zero-order valence-electron chi connectivity index (χ0n) is 21.0. The predicted molar refractivity (Wildman–Crippen MR) is 144 cm³/mol. The van der Waals surface area contributed by atoms with Gasteiger partial charge in [-0.15, -0.1) is 0 Å². The third-order valence-electron chi connectivity index (χ3n) is 7.05. The molecule has 2 heterocycles. The van der Waals surface area contributed by atoms with E-state index in [-0.39, 0.29) is 40.9 Å². The average molecular weight is 523 g/mol. The first-order valence-electron chi connectivity index (χ1n) is 12.5. The average Bonchev–Trinajstić information content (AvgIpc) is 2.94.